The van der Waals surface area contributed by atoms with Crippen LogP contribution in [0.4, 0.5) is 0 Å². The summed E-state index contributed by atoms with van der Waals surface area (Å²) < 4.78 is 12.1. The van der Waals surface area contributed by atoms with Crippen LogP contribution in [0.15, 0.2) is 23.3 Å². The maximum atomic E-state index is 13.1. The predicted octanol–water partition coefficient (Wildman–Crippen LogP) is 1.92. The van der Waals surface area contributed by atoms with E-state index in [1.54, 1.807) is 13.8 Å². The van der Waals surface area contributed by atoms with Gasteiger partial charge in [-0.3, -0.25) is 14.4 Å². The zero-order valence-electron chi connectivity index (χ0n) is 21.7. The average molecular weight is 490 g/mol. The number of hydrogen-bond acceptors (Lipinski definition) is 8. The van der Waals surface area contributed by atoms with Gasteiger partial charge in [0.1, 0.15) is 12.1 Å². The second-order valence-electron chi connectivity index (χ2n) is 11.9. The molecular weight excluding hydrogens is 450 g/mol. The van der Waals surface area contributed by atoms with E-state index in [1.807, 2.05) is 39.8 Å². The molecule has 0 amide bonds. The number of fused-ring (bicyclic) bond motifs is 5. The van der Waals surface area contributed by atoms with Gasteiger partial charge < -0.3 is 25.4 Å². The van der Waals surface area contributed by atoms with Gasteiger partial charge in [-0.25, -0.2) is 0 Å². The summed E-state index contributed by atoms with van der Waals surface area (Å²) in [5, 5.41) is 22.7. The molecule has 8 heteroatoms. The van der Waals surface area contributed by atoms with E-state index in [0.29, 0.717) is 17.6 Å². The van der Waals surface area contributed by atoms with Gasteiger partial charge in [-0.15, -0.1) is 0 Å². The fourth-order valence-electron chi connectivity index (χ4n) is 7.47. The van der Waals surface area contributed by atoms with Crippen molar-refractivity contribution >= 4 is 17.7 Å². The van der Waals surface area contributed by atoms with E-state index in [0.717, 1.165) is 0 Å². The number of esters is 2. The first-order chi connectivity index (χ1) is 16.2. The normalized spacial score (nSPS) is 42.1. The van der Waals surface area contributed by atoms with E-state index in [2.05, 4.69) is 0 Å². The van der Waals surface area contributed by atoms with Crippen LogP contribution in [0, 0.1) is 40.9 Å². The highest BCUT2D eigenvalue weighted by molar-refractivity contribution is 6.00. The monoisotopic (exact) mass is 489 g/mol. The van der Waals surface area contributed by atoms with Crippen molar-refractivity contribution in [3.8, 4) is 0 Å². The summed E-state index contributed by atoms with van der Waals surface area (Å²) in [4.78, 5) is 38.5. The molecule has 35 heavy (non-hydrogen) atoms. The first-order valence-corrected chi connectivity index (χ1v) is 12.6. The summed E-state index contributed by atoms with van der Waals surface area (Å²) >= 11 is 0. The number of aliphatic hydroxyl groups is 2. The summed E-state index contributed by atoms with van der Waals surface area (Å²) in [7, 11) is 0. The molecule has 0 radical (unpaired) electrons. The average Bonchev–Trinajstić information content (AvgIpc) is 3.16. The Hall–Kier alpha value is -2.03. The molecule has 0 aliphatic heterocycles. The third kappa shape index (κ3) is 3.39. The topological polar surface area (TPSA) is 136 Å². The fraction of sp³-hybridized carbons (Fsp3) is 0.741. The highest BCUT2D eigenvalue weighted by atomic mass is 16.6. The van der Waals surface area contributed by atoms with Crippen LogP contribution in [0.1, 0.15) is 54.9 Å². The third-order valence-electron chi connectivity index (χ3n) is 9.43. The van der Waals surface area contributed by atoms with Gasteiger partial charge in [0.2, 0.25) is 0 Å². The van der Waals surface area contributed by atoms with Gasteiger partial charge in [-0.2, -0.15) is 0 Å². The van der Waals surface area contributed by atoms with Crippen LogP contribution in [0.2, 0.25) is 0 Å². The largest absolute Gasteiger partial charge is 0.456 e. The molecule has 0 bridgehead atoms. The standard InChI is InChI=1S/C27H39NO7/c1-12(2)20(28)24(32)34-23-14(4)26(33)18-8-13(3)21(31)17(18)9-16(11-29)10-19(26)22-25(6,7)27(22,23)35-15(5)30/h8,10,12,14,17-20,22-23,29,33H,9,11,28H2,1-7H3/t14-,17-,18-,19+,20-,22-,23-,26+,27-/m1/s1. The molecule has 2 fully saturated rings. The minimum absolute atomic E-state index is 0.0436. The lowest BCUT2D eigenvalue weighted by Gasteiger charge is -2.52. The number of rotatable bonds is 5. The zero-order valence-corrected chi connectivity index (χ0v) is 21.7. The van der Waals surface area contributed by atoms with E-state index >= 15 is 0 Å². The highest BCUT2D eigenvalue weighted by Crippen LogP contribution is 2.76. The van der Waals surface area contributed by atoms with E-state index in [9.17, 15) is 24.6 Å². The maximum absolute atomic E-state index is 13.1. The summed E-state index contributed by atoms with van der Waals surface area (Å²) in [6.07, 6.45) is 3.09. The minimum Gasteiger partial charge on any atom is -0.456 e. The molecule has 0 unspecified atom stereocenters. The van der Waals surface area contributed by atoms with E-state index in [-0.39, 0.29) is 18.3 Å². The van der Waals surface area contributed by atoms with Gasteiger partial charge in [0, 0.05) is 41.9 Å². The quantitative estimate of drug-likeness (QED) is 0.394. The molecule has 194 valence electrons. The first-order valence-electron chi connectivity index (χ1n) is 12.6. The summed E-state index contributed by atoms with van der Waals surface area (Å²) in [5.74, 6) is -3.96. The van der Waals surface area contributed by atoms with Gasteiger partial charge in [0.15, 0.2) is 11.4 Å². The van der Waals surface area contributed by atoms with E-state index in [1.165, 1.54) is 6.92 Å². The Morgan fingerprint density at radius 3 is 2.40 bits per heavy atom. The molecule has 0 saturated heterocycles. The molecule has 4 N–H and O–H groups in total. The molecule has 4 aliphatic carbocycles. The van der Waals surface area contributed by atoms with Crippen molar-refractivity contribution in [2.45, 2.75) is 78.2 Å². The number of aliphatic hydroxyl groups excluding tert-OH is 1. The molecule has 0 aromatic rings. The van der Waals surface area contributed by atoms with Crippen LogP contribution in [0.5, 0.6) is 0 Å². The van der Waals surface area contributed by atoms with Gasteiger partial charge in [-0.1, -0.05) is 46.8 Å². The van der Waals surface area contributed by atoms with Gasteiger partial charge in [0.05, 0.1) is 12.2 Å². The Morgan fingerprint density at radius 1 is 1.23 bits per heavy atom. The molecule has 8 nitrogen and oxygen atoms in total. The van der Waals surface area contributed by atoms with Crippen molar-refractivity contribution in [1.29, 1.82) is 0 Å². The molecule has 0 aromatic heterocycles. The first kappa shape index (κ1) is 26.0. The molecule has 4 rings (SSSR count). The fourth-order valence-corrected chi connectivity index (χ4v) is 7.47. The highest BCUT2D eigenvalue weighted by Gasteiger charge is 2.87. The van der Waals surface area contributed by atoms with Crippen LogP contribution in [-0.4, -0.2) is 57.9 Å². The lowest BCUT2D eigenvalue weighted by Crippen LogP contribution is -2.64. The smallest absolute Gasteiger partial charge is 0.323 e. The second-order valence-corrected chi connectivity index (χ2v) is 11.9. The molecule has 0 aromatic carbocycles. The minimum atomic E-state index is -1.47. The summed E-state index contributed by atoms with van der Waals surface area (Å²) in [5.41, 5.74) is 4.09. The zero-order chi connectivity index (χ0) is 26.2. The van der Waals surface area contributed by atoms with E-state index in [4.69, 9.17) is 15.2 Å². The lowest BCUT2D eigenvalue weighted by atomic mass is 9.59. The molecule has 0 spiro atoms. The number of carbonyl (C=O) groups excluding carboxylic acids is 3. The summed E-state index contributed by atoms with van der Waals surface area (Å²) in [6.45, 7) is 12.2. The molecular formula is C27H39NO7. The number of ketones is 1. The molecule has 4 aliphatic rings. The predicted molar refractivity (Wildman–Crippen MR) is 128 cm³/mol. The van der Waals surface area contributed by atoms with Crippen LogP contribution in [-0.2, 0) is 23.9 Å². The van der Waals surface area contributed by atoms with Crippen LogP contribution >= 0.6 is 0 Å². The second kappa shape index (κ2) is 8.25. The Bertz CT molecular complexity index is 1010. The number of nitrogens with two attached hydrogens (primary N) is 1. The number of hydrogen-bond donors (Lipinski definition) is 3. The number of carbonyl (C=O) groups is 3. The Kier molecular flexibility index (Phi) is 6.14. The van der Waals surface area contributed by atoms with Crippen molar-refractivity contribution < 1.29 is 34.1 Å². The van der Waals surface area contributed by atoms with Crippen molar-refractivity contribution in [3.63, 3.8) is 0 Å². The van der Waals surface area contributed by atoms with Crippen molar-refractivity contribution in [3.05, 3.63) is 23.3 Å². The molecule has 0 heterocycles. The Morgan fingerprint density at radius 2 is 1.86 bits per heavy atom. The number of Topliss-reactive ketones (excluding diaryl/α,β-unsaturated/α-hetero) is 1. The van der Waals surface area contributed by atoms with Gasteiger partial charge in [0.25, 0.3) is 0 Å². The van der Waals surface area contributed by atoms with Crippen molar-refractivity contribution in [2.24, 2.45) is 46.7 Å². The summed E-state index contributed by atoms with van der Waals surface area (Å²) in [6, 6.07) is -0.873. The Labute approximate surface area is 206 Å². The van der Waals surface area contributed by atoms with Gasteiger partial charge in [-0.05, 0) is 30.4 Å². The number of ether oxygens (including phenoxy) is 2. The van der Waals surface area contributed by atoms with Crippen LogP contribution < -0.4 is 5.73 Å². The SMILES string of the molecule is CC(=O)O[C@@]12[C@H](OC(=O)[C@H](N)C(C)C)[C@@H](C)[C@]3(O)[C@@H]4C=C(C)C(=O)[C@@H]4CC(CO)=C[C@H]3[C@@H]1C2(C)C. The van der Waals surface area contributed by atoms with Crippen LogP contribution in [0.3, 0.4) is 0 Å². The third-order valence-corrected chi connectivity index (χ3v) is 9.43. The maximum Gasteiger partial charge on any atom is 0.323 e. The van der Waals surface area contributed by atoms with Crippen LogP contribution in [0.25, 0.3) is 0 Å². The Balaban J connectivity index is 1.90. The molecule has 2 saturated carbocycles. The van der Waals surface area contributed by atoms with Crippen molar-refractivity contribution in [1.82, 2.24) is 0 Å². The van der Waals surface area contributed by atoms with Gasteiger partial charge >= 0.3 is 11.9 Å². The van der Waals surface area contributed by atoms with Crippen molar-refractivity contribution in [2.75, 3.05) is 6.61 Å². The van der Waals surface area contributed by atoms with E-state index < -0.39 is 70.3 Å². The molecule has 9 atom stereocenters. The lowest BCUT2D eigenvalue weighted by molar-refractivity contribution is -0.220. The number of allylic oxidation sites excluding steroid dienone is 1.